The highest BCUT2D eigenvalue weighted by molar-refractivity contribution is 5.92. The summed E-state index contributed by atoms with van der Waals surface area (Å²) in [5.74, 6) is 0.169. The molecule has 6 atom stereocenters. The van der Waals surface area contributed by atoms with Crippen LogP contribution in [0.5, 0.6) is 0 Å². The Morgan fingerprint density at radius 1 is 1.15 bits per heavy atom. The zero-order valence-electron chi connectivity index (χ0n) is 16.3. The van der Waals surface area contributed by atoms with Gasteiger partial charge in [0.05, 0.1) is 12.5 Å². The van der Waals surface area contributed by atoms with Crippen LogP contribution >= 0.6 is 0 Å². The predicted octanol–water partition coefficient (Wildman–Crippen LogP) is 3.35. The number of carbonyl (C=O) groups is 2. The van der Waals surface area contributed by atoms with Gasteiger partial charge in [-0.25, -0.2) is 4.79 Å². The van der Waals surface area contributed by atoms with E-state index >= 15 is 0 Å². The van der Waals surface area contributed by atoms with Crippen LogP contribution in [0, 0.1) is 28.1 Å². The number of hydrogen-bond acceptors (Lipinski definition) is 5. The van der Waals surface area contributed by atoms with Crippen molar-refractivity contribution in [2.24, 2.45) is 28.1 Å². The molecule has 0 amide bonds. The molecule has 1 aliphatic heterocycles. The summed E-state index contributed by atoms with van der Waals surface area (Å²) >= 11 is 0. The van der Waals surface area contributed by atoms with Crippen molar-refractivity contribution in [2.75, 3.05) is 7.11 Å². The maximum Gasteiger partial charge on any atom is 0.336 e. The Bertz CT molecular complexity index is 697. The van der Waals surface area contributed by atoms with Gasteiger partial charge < -0.3 is 14.6 Å². The fraction of sp³-hybridized carbons (Fsp3) is 0.810. The summed E-state index contributed by atoms with van der Waals surface area (Å²) in [5.41, 5.74) is 0.837. The van der Waals surface area contributed by atoms with Crippen molar-refractivity contribution < 1.29 is 24.2 Å². The second-order valence-corrected chi connectivity index (χ2v) is 9.52. The van der Waals surface area contributed by atoms with Crippen LogP contribution in [0.3, 0.4) is 0 Å². The number of aliphatic hydroxyl groups is 1. The molecule has 4 rings (SSSR count). The molecule has 0 saturated heterocycles. The van der Waals surface area contributed by atoms with Crippen molar-refractivity contribution in [3.8, 4) is 0 Å². The standard InChI is InChI=1S/C21H30O5/c1-19-9-5-10-21(3,18(24)25-4)14(19)8-11-20(2)13(19)7-6-12-15(20)17(23)26-16(12)22/h13-14,17,23H,5-11H2,1-4H3/t13-,14?,17?,19-,20-,21+/m1/s1. The van der Waals surface area contributed by atoms with Gasteiger partial charge in [-0.15, -0.1) is 0 Å². The summed E-state index contributed by atoms with van der Waals surface area (Å²) < 4.78 is 10.4. The molecule has 0 aromatic heterocycles. The molecule has 3 aliphatic carbocycles. The van der Waals surface area contributed by atoms with Crippen molar-refractivity contribution >= 4 is 11.9 Å². The third-order valence-electron chi connectivity index (χ3n) is 8.48. The molecule has 0 aromatic rings. The molecular weight excluding hydrogens is 332 g/mol. The second kappa shape index (κ2) is 5.57. The van der Waals surface area contributed by atoms with Gasteiger partial charge in [0, 0.05) is 11.1 Å². The maximum absolute atomic E-state index is 12.7. The molecular formula is C21H30O5. The van der Waals surface area contributed by atoms with Gasteiger partial charge in [-0.1, -0.05) is 20.3 Å². The highest BCUT2D eigenvalue weighted by Crippen LogP contribution is 2.69. The minimum absolute atomic E-state index is 0.00191. The molecule has 5 heteroatoms. The highest BCUT2D eigenvalue weighted by Gasteiger charge is 2.64. The molecule has 0 aromatic carbocycles. The minimum Gasteiger partial charge on any atom is -0.469 e. The number of rotatable bonds is 1. The zero-order valence-corrected chi connectivity index (χ0v) is 16.3. The van der Waals surface area contributed by atoms with Crippen LogP contribution in [-0.4, -0.2) is 30.4 Å². The summed E-state index contributed by atoms with van der Waals surface area (Å²) in [5, 5.41) is 10.4. The van der Waals surface area contributed by atoms with Gasteiger partial charge >= 0.3 is 11.9 Å². The normalized spacial score (nSPS) is 47.6. The van der Waals surface area contributed by atoms with E-state index in [-0.39, 0.29) is 28.7 Å². The number of hydrogen-bond donors (Lipinski definition) is 1. The Morgan fingerprint density at radius 3 is 2.58 bits per heavy atom. The van der Waals surface area contributed by atoms with Crippen molar-refractivity contribution in [1.82, 2.24) is 0 Å². The van der Waals surface area contributed by atoms with Gasteiger partial charge in [0.25, 0.3) is 0 Å². The van der Waals surface area contributed by atoms with Gasteiger partial charge in [0.1, 0.15) is 0 Å². The van der Waals surface area contributed by atoms with E-state index in [1.807, 2.05) is 0 Å². The van der Waals surface area contributed by atoms with E-state index in [1.54, 1.807) is 0 Å². The first-order valence-corrected chi connectivity index (χ1v) is 9.89. The molecule has 2 saturated carbocycles. The molecule has 2 fully saturated rings. The van der Waals surface area contributed by atoms with Crippen molar-refractivity contribution in [3.63, 3.8) is 0 Å². The number of aliphatic hydroxyl groups excluding tert-OH is 1. The van der Waals surface area contributed by atoms with Crippen LogP contribution in [-0.2, 0) is 19.1 Å². The van der Waals surface area contributed by atoms with E-state index in [1.165, 1.54) is 7.11 Å². The first-order chi connectivity index (χ1) is 12.2. The predicted molar refractivity (Wildman–Crippen MR) is 94.8 cm³/mol. The van der Waals surface area contributed by atoms with E-state index in [0.717, 1.165) is 44.1 Å². The Balaban J connectivity index is 1.78. The fourth-order valence-electron chi connectivity index (χ4n) is 7.42. The van der Waals surface area contributed by atoms with Crippen LogP contribution in [0.2, 0.25) is 0 Å². The summed E-state index contributed by atoms with van der Waals surface area (Å²) in [7, 11) is 1.49. The molecule has 144 valence electrons. The van der Waals surface area contributed by atoms with Gasteiger partial charge in [-0.3, -0.25) is 4.79 Å². The highest BCUT2D eigenvalue weighted by atomic mass is 16.6. The molecule has 0 radical (unpaired) electrons. The minimum atomic E-state index is -1.10. The SMILES string of the molecule is COC(=O)[C@@]1(C)CCC[C@@]2(C)C1CC[C@@]1(C)C3=C(CC[C@@H]12)C(=O)OC3O. The average Bonchev–Trinajstić information content (AvgIpc) is 2.88. The molecule has 0 spiro atoms. The average molecular weight is 362 g/mol. The van der Waals surface area contributed by atoms with Crippen LogP contribution in [0.1, 0.15) is 65.7 Å². The number of carbonyl (C=O) groups excluding carboxylic acids is 2. The molecule has 5 nitrogen and oxygen atoms in total. The Hall–Kier alpha value is -1.36. The van der Waals surface area contributed by atoms with E-state index in [0.29, 0.717) is 17.9 Å². The van der Waals surface area contributed by atoms with Crippen molar-refractivity contribution in [3.05, 3.63) is 11.1 Å². The van der Waals surface area contributed by atoms with E-state index in [9.17, 15) is 14.7 Å². The van der Waals surface area contributed by atoms with E-state index in [4.69, 9.17) is 9.47 Å². The lowest BCUT2D eigenvalue weighted by Crippen LogP contribution is -2.59. The summed E-state index contributed by atoms with van der Waals surface area (Å²) in [6.45, 7) is 6.60. The maximum atomic E-state index is 12.7. The summed E-state index contributed by atoms with van der Waals surface area (Å²) in [4.78, 5) is 24.8. The first kappa shape index (κ1) is 18.0. The molecule has 26 heavy (non-hydrogen) atoms. The number of cyclic esters (lactones) is 1. The smallest absolute Gasteiger partial charge is 0.336 e. The lowest BCUT2D eigenvalue weighted by molar-refractivity contribution is -0.180. The van der Waals surface area contributed by atoms with E-state index in [2.05, 4.69) is 20.8 Å². The largest absolute Gasteiger partial charge is 0.469 e. The monoisotopic (exact) mass is 362 g/mol. The topological polar surface area (TPSA) is 72.8 Å². The Kier molecular flexibility index (Phi) is 3.86. The number of fused-ring (bicyclic) bond motifs is 4. The lowest BCUT2D eigenvalue weighted by atomic mass is 9.40. The van der Waals surface area contributed by atoms with Crippen molar-refractivity contribution in [2.45, 2.75) is 72.0 Å². The quantitative estimate of drug-likeness (QED) is 0.724. The van der Waals surface area contributed by atoms with Gasteiger partial charge in [-0.05, 0) is 68.1 Å². The zero-order chi connectivity index (χ0) is 18.9. The first-order valence-electron chi connectivity index (χ1n) is 9.89. The third kappa shape index (κ3) is 2.07. The van der Waals surface area contributed by atoms with Crippen LogP contribution < -0.4 is 0 Å². The Labute approximate surface area is 155 Å². The lowest BCUT2D eigenvalue weighted by Gasteiger charge is -2.63. The fourth-order valence-corrected chi connectivity index (χ4v) is 7.42. The Morgan fingerprint density at radius 2 is 1.88 bits per heavy atom. The van der Waals surface area contributed by atoms with Gasteiger partial charge in [0.15, 0.2) is 0 Å². The summed E-state index contributed by atoms with van der Waals surface area (Å²) in [6, 6.07) is 0. The van der Waals surface area contributed by atoms with Crippen LogP contribution in [0.4, 0.5) is 0 Å². The van der Waals surface area contributed by atoms with E-state index < -0.39 is 11.7 Å². The molecule has 4 aliphatic rings. The van der Waals surface area contributed by atoms with Crippen molar-refractivity contribution in [1.29, 1.82) is 0 Å². The third-order valence-corrected chi connectivity index (χ3v) is 8.48. The molecule has 0 bridgehead atoms. The second-order valence-electron chi connectivity index (χ2n) is 9.52. The molecule has 1 heterocycles. The number of methoxy groups -OCH3 is 1. The van der Waals surface area contributed by atoms with Gasteiger partial charge in [0.2, 0.25) is 6.29 Å². The van der Waals surface area contributed by atoms with Crippen LogP contribution in [0.15, 0.2) is 11.1 Å². The number of esters is 2. The summed E-state index contributed by atoms with van der Waals surface area (Å²) in [6.07, 6.45) is 5.24. The molecule has 1 N–H and O–H groups in total. The molecule has 2 unspecified atom stereocenters. The number of ether oxygens (including phenoxy) is 2. The van der Waals surface area contributed by atoms with Crippen LogP contribution in [0.25, 0.3) is 0 Å². The van der Waals surface area contributed by atoms with Gasteiger partial charge in [-0.2, -0.15) is 0 Å².